The van der Waals surface area contributed by atoms with Crippen molar-refractivity contribution in [2.24, 2.45) is 0 Å². The summed E-state index contributed by atoms with van der Waals surface area (Å²) in [4.78, 5) is 1.13. The van der Waals surface area contributed by atoms with Crippen molar-refractivity contribution in [1.29, 1.82) is 0 Å². The first-order chi connectivity index (χ1) is 6.99. The van der Waals surface area contributed by atoms with Gasteiger partial charge in [0.15, 0.2) is 0 Å². The molecule has 15 heavy (non-hydrogen) atoms. The van der Waals surface area contributed by atoms with E-state index in [-0.39, 0.29) is 5.54 Å². The monoisotopic (exact) mass is 212 g/mol. The molecule has 0 aromatic heterocycles. The molecule has 0 fully saturated rings. The summed E-state index contributed by atoms with van der Waals surface area (Å²) in [5.41, 5.74) is 1.02. The van der Waals surface area contributed by atoms with Gasteiger partial charge in [-0.3, -0.25) is 0 Å². The Hall–Kier alpha value is -1.32. The van der Waals surface area contributed by atoms with Gasteiger partial charge in [0.2, 0.25) is 0 Å². The standard InChI is InChI=1S/C11H14F2N2/c1-11(2)7-15(10(12)13)9-6-4-3-5-8(9)14-11/h3-6,10,14H,7H2,1-2H3. The number of alkyl halides is 2. The second-order valence-corrected chi connectivity index (χ2v) is 4.43. The van der Waals surface area contributed by atoms with Crippen molar-refractivity contribution < 1.29 is 8.78 Å². The summed E-state index contributed by atoms with van der Waals surface area (Å²) in [7, 11) is 0. The molecule has 1 N–H and O–H groups in total. The van der Waals surface area contributed by atoms with Crippen LogP contribution in [0.2, 0.25) is 0 Å². The third-order valence-corrected chi connectivity index (χ3v) is 2.49. The summed E-state index contributed by atoms with van der Waals surface area (Å²) < 4.78 is 25.7. The van der Waals surface area contributed by atoms with Crippen molar-refractivity contribution in [2.75, 3.05) is 16.8 Å². The lowest BCUT2D eigenvalue weighted by Gasteiger charge is -2.41. The minimum Gasteiger partial charge on any atom is -0.377 e. The maximum absolute atomic E-state index is 12.8. The van der Waals surface area contributed by atoms with Crippen LogP contribution in [-0.2, 0) is 0 Å². The Kier molecular flexibility index (Phi) is 2.29. The molecule has 4 heteroatoms. The Morgan fingerprint density at radius 1 is 1.33 bits per heavy atom. The summed E-state index contributed by atoms with van der Waals surface area (Å²) in [6, 6.07) is 7.15. The average Bonchev–Trinajstić information content (AvgIpc) is 2.14. The summed E-state index contributed by atoms with van der Waals surface area (Å²) in [5, 5.41) is 3.25. The molecule has 0 saturated heterocycles. The molecule has 82 valence electrons. The third kappa shape index (κ3) is 1.89. The van der Waals surface area contributed by atoms with Gasteiger partial charge in [0.25, 0.3) is 0 Å². The zero-order valence-corrected chi connectivity index (χ0v) is 8.80. The van der Waals surface area contributed by atoms with Crippen LogP contribution in [0.3, 0.4) is 0 Å². The van der Waals surface area contributed by atoms with E-state index < -0.39 is 6.55 Å². The Morgan fingerprint density at radius 3 is 2.67 bits per heavy atom. The van der Waals surface area contributed by atoms with Crippen molar-refractivity contribution in [3.05, 3.63) is 24.3 Å². The van der Waals surface area contributed by atoms with Crippen LogP contribution in [0.15, 0.2) is 24.3 Å². The Balaban J connectivity index is 2.43. The van der Waals surface area contributed by atoms with Crippen molar-refractivity contribution in [1.82, 2.24) is 0 Å². The smallest absolute Gasteiger partial charge is 0.315 e. The van der Waals surface area contributed by atoms with Crippen molar-refractivity contribution in [3.63, 3.8) is 0 Å². The van der Waals surface area contributed by atoms with E-state index in [0.29, 0.717) is 12.2 Å². The zero-order chi connectivity index (χ0) is 11.1. The number of nitrogens with one attached hydrogen (secondary N) is 1. The van der Waals surface area contributed by atoms with Crippen molar-refractivity contribution in [2.45, 2.75) is 25.9 Å². The molecule has 1 heterocycles. The first-order valence-corrected chi connectivity index (χ1v) is 4.92. The van der Waals surface area contributed by atoms with Crippen LogP contribution < -0.4 is 10.2 Å². The first-order valence-electron chi connectivity index (χ1n) is 4.92. The van der Waals surface area contributed by atoms with E-state index >= 15 is 0 Å². The average molecular weight is 212 g/mol. The van der Waals surface area contributed by atoms with Gasteiger partial charge in [0.05, 0.1) is 11.4 Å². The summed E-state index contributed by atoms with van der Waals surface area (Å²) >= 11 is 0. The fourth-order valence-corrected chi connectivity index (χ4v) is 1.92. The van der Waals surface area contributed by atoms with Gasteiger partial charge in [-0.25, -0.2) is 0 Å². The minimum absolute atomic E-state index is 0.307. The minimum atomic E-state index is -2.45. The largest absolute Gasteiger partial charge is 0.377 e. The van der Waals surface area contributed by atoms with E-state index in [0.717, 1.165) is 10.6 Å². The second kappa shape index (κ2) is 3.36. The van der Waals surface area contributed by atoms with E-state index in [9.17, 15) is 8.78 Å². The molecule has 1 aromatic carbocycles. The number of benzene rings is 1. The molecular formula is C11H14F2N2. The lowest BCUT2D eigenvalue weighted by Crippen LogP contribution is -2.50. The predicted molar refractivity (Wildman–Crippen MR) is 57.5 cm³/mol. The van der Waals surface area contributed by atoms with Gasteiger partial charge in [0, 0.05) is 12.1 Å². The quantitative estimate of drug-likeness (QED) is 0.720. The first kappa shape index (κ1) is 10.2. The number of hydrogen-bond donors (Lipinski definition) is 1. The van der Waals surface area contributed by atoms with E-state index in [1.165, 1.54) is 0 Å². The maximum atomic E-state index is 12.8. The summed E-state index contributed by atoms with van der Waals surface area (Å²) in [6.07, 6.45) is 0. The molecular weight excluding hydrogens is 198 g/mol. The van der Waals surface area contributed by atoms with Crippen LogP contribution in [0.25, 0.3) is 0 Å². The number of nitrogens with zero attached hydrogens (tertiary/aromatic N) is 1. The molecule has 0 saturated carbocycles. The lowest BCUT2D eigenvalue weighted by molar-refractivity contribution is 0.136. The Labute approximate surface area is 87.9 Å². The molecule has 0 bridgehead atoms. The SMILES string of the molecule is CC1(C)CN(C(F)F)c2ccccc2N1. The van der Waals surface area contributed by atoms with Gasteiger partial charge < -0.3 is 10.2 Å². The topological polar surface area (TPSA) is 15.3 Å². The predicted octanol–water partition coefficient (Wildman–Crippen LogP) is 2.92. The van der Waals surface area contributed by atoms with Gasteiger partial charge in [-0.05, 0) is 26.0 Å². The highest BCUT2D eigenvalue weighted by atomic mass is 19.3. The van der Waals surface area contributed by atoms with Gasteiger partial charge in [0.1, 0.15) is 0 Å². The third-order valence-electron chi connectivity index (χ3n) is 2.49. The number of rotatable bonds is 1. The molecule has 1 aromatic rings. The molecule has 0 unspecified atom stereocenters. The Bertz CT molecular complexity index is 363. The number of halogens is 2. The molecule has 1 aliphatic rings. The second-order valence-electron chi connectivity index (χ2n) is 4.43. The molecule has 0 atom stereocenters. The molecule has 0 radical (unpaired) electrons. The van der Waals surface area contributed by atoms with E-state index in [1.54, 1.807) is 12.1 Å². The van der Waals surface area contributed by atoms with Crippen LogP contribution in [-0.4, -0.2) is 18.6 Å². The van der Waals surface area contributed by atoms with Crippen molar-refractivity contribution >= 4 is 11.4 Å². The number of anilines is 2. The van der Waals surface area contributed by atoms with Crippen LogP contribution in [0.1, 0.15) is 13.8 Å². The number of hydrogen-bond acceptors (Lipinski definition) is 2. The summed E-state index contributed by atoms with van der Waals surface area (Å²) in [5.74, 6) is 0. The summed E-state index contributed by atoms with van der Waals surface area (Å²) in [6.45, 7) is 1.69. The lowest BCUT2D eigenvalue weighted by atomic mass is 10.00. The molecule has 2 nitrogen and oxygen atoms in total. The molecule has 2 rings (SSSR count). The molecule has 0 amide bonds. The molecule has 0 aliphatic carbocycles. The van der Waals surface area contributed by atoms with E-state index in [4.69, 9.17) is 0 Å². The number of para-hydroxylation sites is 2. The normalized spacial score (nSPS) is 18.6. The highest BCUT2D eigenvalue weighted by molar-refractivity contribution is 5.73. The zero-order valence-electron chi connectivity index (χ0n) is 8.80. The van der Waals surface area contributed by atoms with Crippen LogP contribution >= 0.6 is 0 Å². The maximum Gasteiger partial charge on any atom is 0.315 e. The van der Waals surface area contributed by atoms with Gasteiger partial charge in [-0.2, -0.15) is 8.78 Å². The van der Waals surface area contributed by atoms with Crippen LogP contribution in [0.5, 0.6) is 0 Å². The van der Waals surface area contributed by atoms with Gasteiger partial charge in [-0.1, -0.05) is 12.1 Å². The molecule has 0 spiro atoms. The fraction of sp³-hybridized carbons (Fsp3) is 0.455. The van der Waals surface area contributed by atoms with Crippen molar-refractivity contribution in [3.8, 4) is 0 Å². The molecule has 1 aliphatic heterocycles. The van der Waals surface area contributed by atoms with E-state index in [1.807, 2.05) is 26.0 Å². The highest BCUT2D eigenvalue weighted by Crippen LogP contribution is 2.35. The van der Waals surface area contributed by atoms with Gasteiger partial charge in [-0.15, -0.1) is 0 Å². The van der Waals surface area contributed by atoms with Gasteiger partial charge >= 0.3 is 6.55 Å². The Morgan fingerprint density at radius 2 is 2.00 bits per heavy atom. The van der Waals surface area contributed by atoms with E-state index in [2.05, 4.69) is 5.32 Å². The van der Waals surface area contributed by atoms with Crippen LogP contribution in [0, 0.1) is 0 Å². The van der Waals surface area contributed by atoms with Crippen LogP contribution in [0.4, 0.5) is 20.2 Å². The number of fused-ring (bicyclic) bond motifs is 1. The highest BCUT2D eigenvalue weighted by Gasteiger charge is 2.32. The fourth-order valence-electron chi connectivity index (χ4n) is 1.92.